The number of fused-ring (bicyclic) bond motifs is 2. The molecule has 0 aromatic carbocycles. The van der Waals surface area contributed by atoms with Crippen molar-refractivity contribution in [3.05, 3.63) is 47.1 Å². The number of Topliss-reactive ketones (excluding diaryl/α,β-unsaturated/α-hetero) is 1. The summed E-state index contributed by atoms with van der Waals surface area (Å²) < 4.78 is 25.0. The third kappa shape index (κ3) is 5.41. The molecule has 40 heavy (non-hydrogen) atoms. The fourth-order valence-corrected chi connectivity index (χ4v) is 7.11. The molecule has 0 aromatic rings. The van der Waals surface area contributed by atoms with Crippen molar-refractivity contribution < 1.29 is 38.7 Å². The lowest BCUT2D eigenvalue weighted by atomic mass is 9.71. The summed E-state index contributed by atoms with van der Waals surface area (Å²) in [5.74, 6) is -2.89. The highest BCUT2D eigenvalue weighted by Crippen LogP contribution is 2.46. The number of esters is 1. The van der Waals surface area contributed by atoms with Crippen LogP contribution >= 0.6 is 0 Å². The van der Waals surface area contributed by atoms with E-state index in [1.807, 2.05) is 19.9 Å². The van der Waals surface area contributed by atoms with Gasteiger partial charge in [-0.1, -0.05) is 56.7 Å². The van der Waals surface area contributed by atoms with Crippen molar-refractivity contribution in [1.82, 2.24) is 0 Å². The van der Waals surface area contributed by atoms with Crippen LogP contribution in [0.25, 0.3) is 0 Å². The molecule has 0 radical (unpaired) electrons. The van der Waals surface area contributed by atoms with Gasteiger partial charge >= 0.3 is 5.97 Å². The number of hydrogen-bond donors (Lipinski definition) is 2. The Morgan fingerprint density at radius 1 is 1.10 bits per heavy atom. The molecule has 2 bridgehead atoms. The molecule has 4 aliphatic heterocycles. The molecule has 1 spiro atoms. The molecule has 3 fully saturated rings. The van der Waals surface area contributed by atoms with Crippen molar-refractivity contribution in [1.29, 1.82) is 0 Å². The molecule has 10 atom stereocenters. The summed E-state index contributed by atoms with van der Waals surface area (Å²) in [7, 11) is 0. The molecule has 3 saturated heterocycles. The number of rotatable bonds is 1. The van der Waals surface area contributed by atoms with Gasteiger partial charge in [-0.2, -0.15) is 0 Å². The van der Waals surface area contributed by atoms with E-state index in [-0.39, 0.29) is 42.9 Å². The van der Waals surface area contributed by atoms with Gasteiger partial charge < -0.3 is 29.2 Å². The zero-order chi connectivity index (χ0) is 28.8. The molecular formula is C32H44O8. The summed E-state index contributed by atoms with van der Waals surface area (Å²) in [5, 5.41) is 22.9. The summed E-state index contributed by atoms with van der Waals surface area (Å²) in [4.78, 5) is 26.8. The van der Waals surface area contributed by atoms with Gasteiger partial charge in [0.05, 0.1) is 24.9 Å². The van der Waals surface area contributed by atoms with Crippen LogP contribution in [0.1, 0.15) is 73.1 Å². The lowest BCUT2D eigenvalue weighted by molar-refractivity contribution is -0.348. The van der Waals surface area contributed by atoms with Crippen LogP contribution in [0.15, 0.2) is 47.1 Å². The van der Waals surface area contributed by atoms with Crippen molar-refractivity contribution in [2.75, 3.05) is 6.61 Å². The first-order valence-electron chi connectivity index (χ1n) is 14.8. The highest BCUT2D eigenvalue weighted by Gasteiger charge is 2.60. The van der Waals surface area contributed by atoms with E-state index in [2.05, 4.69) is 26.0 Å². The second kappa shape index (κ2) is 11.3. The Morgan fingerprint density at radius 3 is 2.62 bits per heavy atom. The Bertz CT molecular complexity index is 1140. The van der Waals surface area contributed by atoms with E-state index >= 15 is 0 Å². The monoisotopic (exact) mass is 556 g/mol. The second-order valence-corrected chi connectivity index (χ2v) is 12.6. The Morgan fingerprint density at radius 2 is 1.88 bits per heavy atom. The lowest BCUT2D eigenvalue weighted by Crippen LogP contribution is -2.59. The van der Waals surface area contributed by atoms with Crippen LogP contribution in [0.2, 0.25) is 0 Å². The maximum absolute atomic E-state index is 13.8. The minimum Gasteiger partial charge on any atom is -0.462 e. The van der Waals surface area contributed by atoms with E-state index in [9.17, 15) is 19.8 Å². The average molecular weight is 557 g/mol. The topological polar surface area (TPSA) is 112 Å². The molecule has 4 heterocycles. The third-order valence-corrected chi connectivity index (χ3v) is 9.41. The molecule has 1 aliphatic carbocycles. The smallest absolute Gasteiger partial charge is 0.316 e. The molecule has 2 N–H and O–H groups in total. The van der Waals surface area contributed by atoms with Crippen LogP contribution in [-0.2, 0) is 28.5 Å². The minimum absolute atomic E-state index is 0.0329. The number of allylic oxidation sites excluding steroid dienone is 4. The molecular weight excluding hydrogens is 512 g/mol. The molecule has 5 aliphatic rings. The maximum atomic E-state index is 13.8. The van der Waals surface area contributed by atoms with Gasteiger partial charge in [0.25, 0.3) is 0 Å². The number of aliphatic hydroxyl groups is 2. The molecule has 8 heteroatoms. The van der Waals surface area contributed by atoms with E-state index in [4.69, 9.17) is 18.9 Å². The van der Waals surface area contributed by atoms with E-state index in [1.165, 1.54) is 11.6 Å². The number of ether oxygens (including phenoxy) is 4. The number of aliphatic hydroxyl groups excluding tert-OH is 1. The number of carbonyl (C=O) groups excluding carboxylic acids is 2. The largest absolute Gasteiger partial charge is 0.462 e. The predicted molar refractivity (Wildman–Crippen MR) is 148 cm³/mol. The molecule has 220 valence electrons. The van der Waals surface area contributed by atoms with Crippen molar-refractivity contribution in [2.45, 2.75) is 115 Å². The molecule has 0 saturated carbocycles. The Labute approximate surface area is 237 Å². The van der Waals surface area contributed by atoms with Crippen LogP contribution in [0, 0.1) is 17.8 Å². The molecule has 5 rings (SSSR count). The number of carbonyl (C=O) groups is 2. The SMILES string of the molecule is CCC1O[C@]2(CC(O)[C@@H]1C)C[C@@H]1C[C@@H](C/C=C(\C)C[C@@H](C)/C=C/C=C3\CO[C@@H]4C(=O)C(C)=C[C@@H](C(=O)O1)[C@@]34O)O2. The molecule has 8 nitrogen and oxygen atoms in total. The fraction of sp³-hybridized carbons (Fsp3) is 0.688. The summed E-state index contributed by atoms with van der Waals surface area (Å²) in [5.41, 5.74) is 0.257. The van der Waals surface area contributed by atoms with Gasteiger partial charge in [0.2, 0.25) is 0 Å². The Balaban J connectivity index is 1.53. The van der Waals surface area contributed by atoms with E-state index < -0.39 is 41.6 Å². The molecule has 0 amide bonds. The fourth-order valence-electron chi connectivity index (χ4n) is 7.11. The van der Waals surface area contributed by atoms with Gasteiger partial charge in [0.15, 0.2) is 17.7 Å². The first-order valence-corrected chi connectivity index (χ1v) is 14.8. The zero-order valence-electron chi connectivity index (χ0n) is 24.3. The normalized spacial score (nSPS) is 47.8. The van der Waals surface area contributed by atoms with Gasteiger partial charge in [-0.15, -0.1) is 0 Å². The third-order valence-electron chi connectivity index (χ3n) is 9.41. The minimum atomic E-state index is -1.82. The maximum Gasteiger partial charge on any atom is 0.316 e. The highest BCUT2D eigenvalue weighted by atomic mass is 16.7. The summed E-state index contributed by atoms with van der Waals surface area (Å²) >= 11 is 0. The number of ketones is 1. The Hall–Kier alpha value is -2.10. The van der Waals surface area contributed by atoms with Gasteiger partial charge in [-0.3, -0.25) is 9.59 Å². The lowest BCUT2D eigenvalue weighted by Gasteiger charge is -2.51. The average Bonchev–Trinajstić information content (AvgIpc) is 3.23. The van der Waals surface area contributed by atoms with Gasteiger partial charge in [0, 0.05) is 25.2 Å². The van der Waals surface area contributed by atoms with Gasteiger partial charge in [-0.05, 0) is 50.2 Å². The van der Waals surface area contributed by atoms with Gasteiger partial charge in [-0.25, -0.2) is 0 Å². The van der Waals surface area contributed by atoms with Crippen LogP contribution in [0.5, 0.6) is 0 Å². The molecule has 2 unspecified atom stereocenters. The van der Waals surface area contributed by atoms with Crippen molar-refractivity contribution in [3.63, 3.8) is 0 Å². The first-order chi connectivity index (χ1) is 19.0. The first kappa shape index (κ1) is 29.4. The summed E-state index contributed by atoms with van der Waals surface area (Å²) in [6, 6.07) is 0. The second-order valence-electron chi connectivity index (χ2n) is 12.6. The standard InChI is InChI=1S/C32H44O8/c1-6-27-21(5)26(33)16-31(40-27)15-24-14-23(39-31)11-10-19(3)12-18(2)8-7-9-22-17-37-29-28(34)20(4)13-25(30(35)38-24)32(22,29)36/h7-10,13,18,21,23-27,29,33,36H,6,11-12,14-17H2,1-5H3/b8-7+,19-10+,22-9+/t18-,21-,23+,24-,25-,26?,27?,29+,31-,32-/m0/s1. The van der Waals surface area contributed by atoms with E-state index in [0.717, 1.165) is 12.8 Å². The number of hydrogen-bond acceptors (Lipinski definition) is 8. The van der Waals surface area contributed by atoms with Crippen molar-refractivity contribution in [2.24, 2.45) is 17.8 Å². The van der Waals surface area contributed by atoms with Crippen molar-refractivity contribution in [3.8, 4) is 0 Å². The van der Waals surface area contributed by atoms with E-state index in [0.29, 0.717) is 30.4 Å². The molecule has 0 aromatic heterocycles. The van der Waals surface area contributed by atoms with Crippen LogP contribution < -0.4 is 0 Å². The predicted octanol–water partition coefficient (Wildman–Crippen LogP) is 4.10. The van der Waals surface area contributed by atoms with Crippen LogP contribution in [-0.4, -0.2) is 70.5 Å². The quantitative estimate of drug-likeness (QED) is 0.367. The summed E-state index contributed by atoms with van der Waals surface area (Å²) in [6.45, 7) is 9.93. The highest BCUT2D eigenvalue weighted by molar-refractivity contribution is 6.03. The van der Waals surface area contributed by atoms with Gasteiger partial charge in [0.1, 0.15) is 17.6 Å². The van der Waals surface area contributed by atoms with E-state index in [1.54, 1.807) is 13.0 Å². The summed E-state index contributed by atoms with van der Waals surface area (Å²) in [6.07, 6.45) is 9.90. The zero-order valence-corrected chi connectivity index (χ0v) is 24.3. The van der Waals surface area contributed by atoms with Crippen molar-refractivity contribution >= 4 is 11.8 Å². The Kier molecular flexibility index (Phi) is 8.30. The van der Waals surface area contributed by atoms with Crippen LogP contribution in [0.4, 0.5) is 0 Å². The van der Waals surface area contributed by atoms with Crippen LogP contribution in [0.3, 0.4) is 0 Å².